The number of nitrogens with zero attached hydrogens (tertiary/aromatic N) is 1. The van der Waals surface area contributed by atoms with Gasteiger partial charge in [-0.2, -0.15) is 0 Å². The van der Waals surface area contributed by atoms with Crippen molar-refractivity contribution in [1.29, 1.82) is 0 Å². The van der Waals surface area contributed by atoms with Crippen molar-refractivity contribution in [2.45, 2.75) is 51.5 Å². The normalized spacial score (nSPS) is 22.2. The molecule has 0 unspecified atom stereocenters. The standard InChI is InChI=1S/C14H26N2/c1-13-6-5-11-16(12-13)10-4-2-3-9-15-14-7-8-14/h6,14-15H,2-5,7-12H2,1H3. The van der Waals surface area contributed by atoms with Gasteiger partial charge in [0.2, 0.25) is 0 Å². The van der Waals surface area contributed by atoms with E-state index in [-0.39, 0.29) is 0 Å². The molecule has 2 rings (SSSR count). The first-order valence-electron chi connectivity index (χ1n) is 6.96. The maximum Gasteiger partial charge on any atom is 0.0190 e. The first-order chi connectivity index (χ1) is 7.84. The van der Waals surface area contributed by atoms with E-state index < -0.39 is 0 Å². The molecule has 0 radical (unpaired) electrons. The van der Waals surface area contributed by atoms with Crippen LogP contribution in [0.3, 0.4) is 0 Å². The zero-order chi connectivity index (χ0) is 11.2. The Bertz CT molecular complexity index is 231. The Balaban J connectivity index is 1.43. The van der Waals surface area contributed by atoms with Crippen LogP contribution in [0, 0.1) is 0 Å². The molecule has 0 bridgehead atoms. The predicted molar refractivity (Wildman–Crippen MR) is 69.7 cm³/mol. The summed E-state index contributed by atoms with van der Waals surface area (Å²) < 4.78 is 0. The lowest BCUT2D eigenvalue weighted by Gasteiger charge is -2.25. The quantitative estimate of drug-likeness (QED) is 0.526. The summed E-state index contributed by atoms with van der Waals surface area (Å²) >= 11 is 0. The molecular formula is C14H26N2. The van der Waals surface area contributed by atoms with Crippen molar-refractivity contribution in [3.05, 3.63) is 11.6 Å². The van der Waals surface area contributed by atoms with E-state index in [1.165, 1.54) is 64.7 Å². The SMILES string of the molecule is CC1=CCCN(CCCCCNC2CC2)C1. The van der Waals surface area contributed by atoms with Gasteiger partial charge < -0.3 is 5.32 Å². The number of unbranched alkanes of at least 4 members (excludes halogenated alkanes) is 2. The minimum absolute atomic E-state index is 0.884. The first-order valence-corrected chi connectivity index (χ1v) is 6.96. The lowest BCUT2D eigenvalue weighted by atomic mass is 10.1. The summed E-state index contributed by atoms with van der Waals surface area (Å²) in [5.41, 5.74) is 1.56. The summed E-state index contributed by atoms with van der Waals surface area (Å²) in [5, 5.41) is 3.58. The number of nitrogens with one attached hydrogen (secondary N) is 1. The Morgan fingerprint density at radius 1 is 1.31 bits per heavy atom. The Labute approximate surface area is 100 Å². The first kappa shape index (κ1) is 12.1. The predicted octanol–water partition coefficient (Wildman–Crippen LogP) is 2.56. The van der Waals surface area contributed by atoms with Crippen LogP contribution in [0.15, 0.2) is 11.6 Å². The summed E-state index contributed by atoms with van der Waals surface area (Å²) in [5.74, 6) is 0. The Kier molecular flexibility index (Phi) is 4.86. The summed E-state index contributed by atoms with van der Waals surface area (Å²) in [6, 6.07) is 0.884. The molecule has 0 spiro atoms. The fraction of sp³-hybridized carbons (Fsp3) is 0.857. The van der Waals surface area contributed by atoms with Gasteiger partial charge in [0, 0.05) is 19.1 Å². The molecule has 1 aliphatic heterocycles. The molecule has 1 fully saturated rings. The van der Waals surface area contributed by atoms with Gasteiger partial charge in [-0.05, 0) is 52.1 Å². The van der Waals surface area contributed by atoms with Crippen LogP contribution >= 0.6 is 0 Å². The molecule has 2 heteroatoms. The van der Waals surface area contributed by atoms with Crippen molar-refractivity contribution in [1.82, 2.24) is 10.2 Å². The van der Waals surface area contributed by atoms with E-state index in [1.807, 2.05) is 0 Å². The van der Waals surface area contributed by atoms with Gasteiger partial charge in [0.05, 0.1) is 0 Å². The van der Waals surface area contributed by atoms with Gasteiger partial charge in [-0.1, -0.05) is 18.1 Å². The Morgan fingerprint density at radius 2 is 2.19 bits per heavy atom. The smallest absolute Gasteiger partial charge is 0.0190 e. The zero-order valence-electron chi connectivity index (χ0n) is 10.7. The topological polar surface area (TPSA) is 15.3 Å². The van der Waals surface area contributed by atoms with Crippen LogP contribution in [0.2, 0.25) is 0 Å². The fourth-order valence-electron chi connectivity index (χ4n) is 2.41. The lowest BCUT2D eigenvalue weighted by Crippen LogP contribution is -2.30. The number of rotatable bonds is 7. The van der Waals surface area contributed by atoms with Crippen LogP contribution in [0.25, 0.3) is 0 Å². The molecule has 0 atom stereocenters. The summed E-state index contributed by atoms with van der Waals surface area (Å²) in [6.07, 6.45) is 10.6. The molecule has 0 amide bonds. The van der Waals surface area contributed by atoms with E-state index >= 15 is 0 Å². The van der Waals surface area contributed by atoms with Crippen LogP contribution in [0.5, 0.6) is 0 Å². The van der Waals surface area contributed by atoms with E-state index in [9.17, 15) is 0 Å². The summed E-state index contributed by atoms with van der Waals surface area (Å²) in [7, 11) is 0. The number of hydrogen-bond donors (Lipinski definition) is 1. The minimum atomic E-state index is 0.884. The van der Waals surface area contributed by atoms with Gasteiger partial charge in [0.25, 0.3) is 0 Å². The van der Waals surface area contributed by atoms with E-state index in [2.05, 4.69) is 23.2 Å². The Morgan fingerprint density at radius 3 is 2.94 bits per heavy atom. The maximum absolute atomic E-state index is 3.58. The van der Waals surface area contributed by atoms with Crippen molar-refractivity contribution < 1.29 is 0 Å². The minimum Gasteiger partial charge on any atom is -0.314 e. The Hall–Kier alpha value is -0.340. The zero-order valence-corrected chi connectivity index (χ0v) is 10.7. The van der Waals surface area contributed by atoms with Crippen molar-refractivity contribution in [2.24, 2.45) is 0 Å². The summed E-state index contributed by atoms with van der Waals surface area (Å²) in [6.45, 7) is 7.28. The molecule has 2 aliphatic rings. The molecule has 1 N–H and O–H groups in total. The third kappa shape index (κ3) is 4.67. The molecule has 92 valence electrons. The highest BCUT2D eigenvalue weighted by Crippen LogP contribution is 2.18. The summed E-state index contributed by atoms with van der Waals surface area (Å²) in [4.78, 5) is 2.60. The molecule has 1 aliphatic carbocycles. The van der Waals surface area contributed by atoms with E-state index in [4.69, 9.17) is 0 Å². The van der Waals surface area contributed by atoms with Gasteiger partial charge in [0.1, 0.15) is 0 Å². The molecule has 0 aromatic carbocycles. The van der Waals surface area contributed by atoms with Gasteiger partial charge in [-0.25, -0.2) is 0 Å². The fourth-order valence-corrected chi connectivity index (χ4v) is 2.41. The van der Waals surface area contributed by atoms with Crippen molar-refractivity contribution in [2.75, 3.05) is 26.2 Å². The van der Waals surface area contributed by atoms with E-state index in [0.29, 0.717) is 0 Å². The van der Waals surface area contributed by atoms with Crippen LogP contribution < -0.4 is 5.32 Å². The molecule has 0 saturated heterocycles. The second kappa shape index (κ2) is 6.41. The second-order valence-electron chi connectivity index (χ2n) is 5.40. The van der Waals surface area contributed by atoms with Crippen LogP contribution in [0.4, 0.5) is 0 Å². The average molecular weight is 222 g/mol. The molecule has 0 aromatic heterocycles. The van der Waals surface area contributed by atoms with Gasteiger partial charge in [-0.3, -0.25) is 4.90 Å². The lowest BCUT2D eigenvalue weighted by molar-refractivity contribution is 0.283. The van der Waals surface area contributed by atoms with Crippen molar-refractivity contribution in [3.8, 4) is 0 Å². The van der Waals surface area contributed by atoms with Gasteiger partial charge >= 0.3 is 0 Å². The highest BCUT2D eigenvalue weighted by Gasteiger charge is 2.19. The third-order valence-corrected chi connectivity index (χ3v) is 3.57. The highest BCUT2D eigenvalue weighted by molar-refractivity contribution is 5.04. The molecular weight excluding hydrogens is 196 g/mol. The maximum atomic E-state index is 3.58. The van der Waals surface area contributed by atoms with Crippen molar-refractivity contribution >= 4 is 0 Å². The van der Waals surface area contributed by atoms with E-state index in [0.717, 1.165) is 6.04 Å². The van der Waals surface area contributed by atoms with E-state index in [1.54, 1.807) is 5.57 Å². The third-order valence-electron chi connectivity index (χ3n) is 3.57. The average Bonchev–Trinajstić information content (AvgIpc) is 3.07. The van der Waals surface area contributed by atoms with Crippen molar-refractivity contribution in [3.63, 3.8) is 0 Å². The van der Waals surface area contributed by atoms with Gasteiger partial charge in [0.15, 0.2) is 0 Å². The largest absolute Gasteiger partial charge is 0.314 e. The van der Waals surface area contributed by atoms with Crippen LogP contribution in [0.1, 0.15) is 45.4 Å². The molecule has 0 aromatic rings. The van der Waals surface area contributed by atoms with Crippen LogP contribution in [-0.2, 0) is 0 Å². The molecule has 1 heterocycles. The second-order valence-corrected chi connectivity index (χ2v) is 5.40. The molecule has 1 saturated carbocycles. The molecule has 16 heavy (non-hydrogen) atoms. The monoisotopic (exact) mass is 222 g/mol. The van der Waals surface area contributed by atoms with Gasteiger partial charge in [-0.15, -0.1) is 0 Å². The van der Waals surface area contributed by atoms with Crippen LogP contribution in [-0.4, -0.2) is 37.1 Å². The molecule has 2 nitrogen and oxygen atoms in total. The number of hydrogen-bond acceptors (Lipinski definition) is 2. The highest BCUT2D eigenvalue weighted by atomic mass is 15.1.